The van der Waals surface area contributed by atoms with E-state index < -0.39 is 0 Å². The number of anilines is 1. The third kappa shape index (κ3) is 5.50. The minimum absolute atomic E-state index is 0.118. The summed E-state index contributed by atoms with van der Waals surface area (Å²) in [5.41, 5.74) is 2.86. The molecule has 0 atom stereocenters. The van der Waals surface area contributed by atoms with Crippen molar-refractivity contribution in [2.75, 3.05) is 19.0 Å². The van der Waals surface area contributed by atoms with Crippen molar-refractivity contribution in [3.63, 3.8) is 0 Å². The molecule has 5 nitrogen and oxygen atoms in total. The number of carbonyl (C=O) groups is 1. The van der Waals surface area contributed by atoms with Gasteiger partial charge >= 0.3 is 5.97 Å². The van der Waals surface area contributed by atoms with Gasteiger partial charge in [-0.15, -0.1) is 0 Å². The van der Waals surface area contributed by atoms with Gasteiger partial charge in [-0.2, -0.15) is 0 Å². The molecule has 1 N–H and O–H groups in total. The molecule has 0 spiro atoms. The largest absolute Gasteiger partial charge is 0.493 e. The number of nitrogens with one attached hydrogen (secondary N) is 1. The minimum Gasteiger partial charge on any atom is -0.493 e. The number of ether oxygens (including phenoxy) is 3. The molecule has 0 saturated heterocycles. The van der Waals surface area contributed by atoms with Crippen LogP contribution in [0, 0.1) is 5.82 Å². The summed E-state index contributed by atoms with van der Waals surface area (Å²) < 4.78 is 29.9. The van der Waals surface area contributed by atoms with Gasteiger partial charge in [0.05, 0.1) is 19.3 Å². The summed E-state index contributed by atoms with van der Waals surface area (Å²) in [4.78, 5) is 11.7. The van der Waals surface area contributed by atoms with Gasteiger partial charge in [-0.1, -0.05) is 24.3 Å². The Labute approximate surface area is 175 Å². The van der Waals surface area contributed by atoms with E-state index in [4.69, 9.17) is 14.2 Å². The molecule has 0 aromatic heterocycles. The van der Waals surface area contributed by atoms with Crippen LogP contribution < -0.4 is 14.8 Å². The lowest BCUT2D eigenvalue weighted by Crippen LogP contribution is -2.05. The van der Waals surface area contributed by atoms with Crippen LogP contribution in [0.5, 0.6) is 11.5 Å². The minimum atomic E-state index is -0.334. The Morgan fingerprint density at radius 1 is 1.00 bits per heavy atom. The molecule has 0 unspecified atom stereocenters. The monoisotopic (exact) mass is 409 g/mol. The van der Waals surface area contributed by atoms with Gasteiger partial charge in [0.25, 0.3) is 0 Å². The van der Waals surface area contributed by atoms with E-state index in [0.717, 1.165) is 11.3 Å². The number of carbonyl (C=O) groups excluding carboxylic acids is 1. The van der Waals surface area contributed by atoms with Gasteiger partial charge in [-0.05, 0) is 55.0 Å². The highest BCUT2D eigenvalue weighted by atomic mass is 19.1. The summed E-state index contributed by atoms with van der Waals surface area (Å²) in [5.74, 6) is 0.484. The molecule has 0 fully saturated rings. The second-order valence-electron chi connectivity index (χ2n) is 6.52. The molecule has 0 aliphatic rings. The molecular weight excluding hydrogens is 385 g/mol. The second-order valence-corrected chi connectivity index (χ2v) is 6.52. The van der Waals surface area contributed by atoms with Crippen molar-refractivity contribution >= 4 is 11.7 Å². The van der Waals surface area contributed by atoms with E-state index in [-0.39, 0.29) is 18.4 Å². The highest BCUT2D eigenvalue weighted by Gasteiger charge is 2.09. The predicted molar refractivity (Wildman–Crippen MR) is 113 cm³/mol. The zero-order chi connectivity index (χ0) is 21.3. The average molecular weight is 409 g/mol. The average Bonchev–Trinajstić information content (AvgIpc) is 2.78. The number of benzene rings is 3. The molecular formula is C24H24FNO4. The summed E-state index contributed by atoms with van der Waals surface area (Å²) in [6.45, 7) is 2.80. The van der Waals surface area contributed by atoms with Crippen LogP contribution in [-0.4, -0.2) is 19.7 Å². The van der Waals surface area contributed by atoms with Crippen LogP contribution in [0.2, 0.25) is 0 Å². The zero-order valence-corrected chi connectivity index (χ0v) is 17.0. The molecule has 0 bridgehead atoms. The van der Waals surface area contributed by atoms with Crippen LogP contribution in [0.4, 0.5) is 10.1 Å². The summed E-state index contributed by atoms with van der Waals surface area (Å²) in [6, 6.07) is 19.2. The highest BCUT2D eigenvalue weighted by Crippen LogP contribution is 2.29. The third-order valence-corrected chi connectivity index (χ3v) is 4.46. The maximum atomic E-state index is 13.8. The number of hydrogen-bond donors (Lipinski definition) is 1. The molecule has 6 heteroatoms. The van der Waals surface area contributed by atoms with Crippen molar-refractivity contribution < 1.29 is 23.4 Å². The van der Waals surface area contributed by atoms with Gasteiger partial charge in [0.15, 0.2) is 11.5 Å². The molecule has 0 heterocycles. The molecule has 3 aromatic carbocycles. The lowest BCUT2D eigenvalue weighted by molar-refractivity contribution is 0.0526. The van der Waals surface area contributed by atoms with Crippen molar-refractivity contribution in [1.29, 1.82) is 0 Å². The van der Waals surface area contributed by atoms with Crippen molar-refractivity contribution in [2.45, 2.75) is 20.1 Å². The third-order valence-electron chi connectivity index (χ3n) is 4.46. The number of hydrogen-bond acceptors (Lipinski definition) is 5. The van der Waals surface area contributed by atoms with E-state index >= 15 is 0 Å². The fourth-order valence-corrected chi connectivity index (χ4v) is 2.85. The Bertz CT molecular complexity index is 989. The molecule has 30 heavy (non-hydrogen) atoms. The topological polar surface area (TPSA) is 56.8 Å². The predicted octanol–water partition coefficient (Wildman–Crippen LogP) is 5.20. The first-order chi connectivity index (χ1) is 14.6. The van der Waals surface area contributed by atoms with E-state index in [9.17, 15) is 9.18 Å². The zero-order valence-electron chi connectivity index (χ0n) is 17.0. The summed E-state index contributed by atoms with van der Waals surface area (Å²) in [7, 11) is 1.57. The summed E-state index contributed by atoms with van der Waals surface area (Å²) >= 11 is 0. The van der Waals surface area contributed by atoms with E-state index in [1.54, 1.807) is 50.4 Å². The normalized spacial score (nSPS) is 10.4. The lowest BCUT2D eigenvalue weighted by atomic mass is 10.1. The Morgan fingerprint density at radius 3 is 2.47 bits per heavy atom. The van der Waals surface area contributed by atoms with Crippen LogP contribution in [-0.2, 0) is 17.9 Å². The van der Waals surface area contributed by atoms with Gasteiger partial charge in [0, 0.05) is 17.8 Å². The molecule has 0 aliphatic carbocycles. The van der Waals surface area contributed by atoms with Gasteiger partial charge < -0.3 is 19.5 Å². The van der Waals surface area contributed by atoms with E-state index in [1.165, 1.54) is 6.07 Å². The van der Waals surface area contributed by atoms with Crippen molar-refractivity contribution in [2.24, 2.45) is 0 Å². The smallest absolute Gasteiger partial charge is 0.338 e. The number of esters is 1. The maximum Gasteiger partial charge on any atom is 0.338 e. The summed E-state index contributed by atoms with van der Waals surface area (Å²) in [5, 5.41) is 3.30. The van der Waals surface area contributed by atoms with Crippen molar-refractivity contribution in [1.82, 2.24) is 0 Å². The molecule has 156 valence electrons. The number of rotatable bonds is 9. The van der Waals surface area contributed by atoms with Gasteiger partial charge in [0.1, 0.15) is 12.4 Å². The molecule has 0 saturated carbocycles. The fraction of sp³-hybridized carbons (Fsp3) is 0.208. The first-order valence-corrected chi connectivity index (χ1v) is 9.65. The SMILES string of the molecule is CCOC(=O)c1ccc(NCc2ccc(OCc3ccccc3F)c(OC)c2)cc1. The van der Waals surface area contributed by atoms with Gasteiger partial charge in [-0.3, -0.25) is 0 Å². The molecule has 3 aromatic rings. The van der Waals surface area contributed by atoms with E-state index in [2.05, 4.69) is 5.32 Å². The lowest BCUT2D eigenvalue weighted by Gasteiger charge is -2.13. The second kappa shape index (κ2) is 10.3. The fourth-order valence-electron chi connectivity index (χ4n) is 2.85. The summed E-state index contributed by atoms with van der Waals surface area (Å²) in [6.07, 6.45) is 0. The number of methoxy groups -OCH3 is 1. The van der Waals surface area contributed by atoms with Crippen LogP contribution in [0.25, 0.3) is 0 Å². The molecule has 0 radical (unpaired) electrons. The molecule has 0 aliphatic heterocycles. The Morgan fingerprint density at radius 2 is 1.77 bits per heavy atom. The van der Waals surface area contributed by atoms with E-state index in [0.29, 0.717) is 35.8 Å². The van der Waals surface area contributed by atoms with Gasteiger partial charge in [-0.25, -0.2) is 9.18 Å². The Kier molecular flexibility index (Phi) is 7.27. The molecule has 0 amide bonds. The standard InChI is InChI=1S/C24H24FNO4/c1-3-29-24(27)18-9-11-20(12-10-18)26-15-17-8-13-22(23(14-17)28-2)30-16-19-6-4-5-7-21(19)25/h4-14,26H,3,15-16H2,1-2H3. The van der Waals surface area contributed by atoms with Crippen LogP contribution in [0.15, 0.2) is 66.7 Å². The molecule has 3 rings (SSSR count). The van der Waals surface area contributed by atoms with E-state index in [1.807, 2.05) is 24.3 Å². The highest BCUT2D eigenvalue weighted by molar-refractivity contribution is 5.89. The van der Waals surface area contributed by atoms with Crippen LogP contribution in [0.1, 0.15) is 28.4 Å². The first-order valence-electron chi connectivity index (χ1n) is 9.65. The van der Waals surface area contributed by atoms with Gasteiger partial charge in [0.2, 0.25) is 0 Å². The van der Waals surface area contributed by atoms with Crippen molar-refractivity contribution in [3.8, 4) is 11.5 Å². The Hall–Kier alpha value is -3.54. The first kappa shape index (κ1) is 21.2. The van der Waals surface area contributed by atoms with Crippen LogP contribution >= 0.6 is 0 Å². The quantitative estimate of drug-likeness (QED) is 0.492. The number of halogens is 1. The maximum absolute atomic E-state index is 13.8. The van der Waals surface area contributed by atoms with Crippen LogP contribution in [0.3, 0.4) is 0 Å². The van der Waals surface area contributed by atoms with Crippen molar-refractivity contribution in [3.05, 3.63) is 89.2 Å². The Balaban J connectivity index is 1.60.